The number of para-hydroxylation sites is 1. The fourth-order valence-corrected chi connectivity index (χ4v) is 6.21. The number of aryl methyl sites for hydroxylation is 2. The number of amides is 3. The average molecular weight is 807 g/mol. The number of rotatable bonds is 13. The lowest BCUT2D eigenvalue weighted by Gasteiger charge is -2.31. The maximum absolute atomic E-state index is 14.3. The van der Waals surface area contributed by atoms with Gasteiger partial charge >= 0.3 is 25.6 Å². The van der Waals surface area contributed by atoms with E-state index in [4.69, 9.17) is 52.3 Å². The summed E-state index contributed by atoms with van der Waals surface area (Å²) in [6.07, 6.45) is 3.28. The van der Waals surface area contributed by atoms with E-state index in [0.717, 1.165) is 55.0 Å². The first-order chi connectivity index (χ1) is 24.9. The van der Waals surface area contributed by atoms with Gasteiger partial charge in [0.05, 0.1) is 48.0 Å². The van der Waals surface area contributed by atoms with Crippen molar-refractivity contribution in [2.75, 3.05) is 42.2 Å². The summed E-state index contributed by atoms with van der Waals surface area (Å²) in [5.74, 6) is -2.58. The number of cyclic esters (lactones) is 1. The molecule has 2 fully saturated rings. The maximum atomic E-state index is 14.3. The van der Waals surface area contributed by atoms with Crippen LogP contribution in [-0.2, 0) is 34.8 Å². The van der Waals surface area contributed by atoms with Crippen molar-refractivity contribution in [2.45, 2.75) is 78.9 Å². The van der Waals surface area contributed by atoms with Crippen molar-refractivity contribution in [3.05, 3.63) is 63.6 Å². The number of carbonyl (C=O) groups excluding carboxylic acids is 3. The molecule has 1 heterocycles. The van der Waals surface area contributed by atoms with Crippen LogP contribution in [0.5, 0.6) is 5.75 Å². The lowest BCUT2D eigenvalue weighted by Crippen LogP contribution is -2.43. The van der Waals surface area contributed by atoms with Gasteiger partial charge in [0.2, 0.25) is 5.91 Å². The highest BCUT2D eigenvalue weighted by Gasteiger charge is 2.40. The number of hydrogen-bond acceptors (Lipinski definition) is 9. The van der Waals surface area contributed by atoms with Gasteiger partial charge in [0.1, 0.15) is 17.4 Å². The fourth-order valence-electron chi connectivity index (χ4n) is 5.48. The molecule has 3 amide bonds. The number of halogens is 3. The van der Waals surface area contributed by atoms with Gasteiger partial charge in [0.25, 0.3) is 0 Å². The Morgan fingerprint density at radius 1 is 1.19 bits per heavy atom. The number of carboxylic acid groups (broad SMARTS) is 1. The average Bonchev–Trinajstić information content (AvgIpc) is 3.70. The smallest absolute Gasteiger partial charge is 0.427 e. The van der Waals surface area contributed by atoms with Gasteiger partial charge in [-0.05, 0) is 82.6 Å². The van der Waals surface area contributed by atoms with Crippen molar-refractivity contribution in [1.29, 1.82) is 0 Å². The molecule has 1 aliphatic carbocycles. The number of anilines is 2. The molecule has 1 aliphatic heterocycles. The van der Waals surface area contributed by atoms with E-state index in [1.165, 1.54) is 6.07 Å². The first-order valence-corrected chi connectivity index (χ1v) is 19.4. The van der Waals surface area contributed by atoms with E-state index >= 15 is 0 Å². The number of alkyl halides is 1. The Bertz CT molecular complexity index is 1700. The van der Waals surface area contributed by atoms with Crippen LogP contribution < -0.4 is 19.9 Å². The standard InChI is InChI=1S/C17H17ClFNO4.C15H22ClNO2.C3H8NO5P/c1-9(2)15-16(21)20(17(22)24-15)13-8-14(11(18)7-12(13)19)23-10-5-3-4-6-10;1-5-13-8-6-7-11(2)15(13)17(14(18)9-16)12(3)10-19-4;5-3(6)1-4-2-10(7,8)9/h7-8,10H,3-6H2,1-2H3;6-8,12H,5,9-10H2,1-4H3;4H,1-2H2,(H,5,6)(H2,7,8,9). The zero-order chi connectivity index (χ0) is 40.0. The van der Waals surface area contributed by atoms with Gasteiger partial charge in [-0.25, -0.2) is 14.1 Å². The molecule has 14 nitrogen and oxygen atoms in total. The predicted molar refractivity (Wildman–Crippen MR) is 199 cm³/mol. The van der Waals surface area contributed by atoms with Crippen LogP contribution in [0.4, 0.5) is 20.6 Å². The summed E-state index contributed by atoms with van der Waals surface area (Å²) in [6.45, 7) is 9.39. The highest BCUT2D eigenvalue weighted by atomic mass is 35.5. The molecule has 2 aromatic rings. The number of nitrogens with zero attached hydrogens (tertiary/aromatic N) is 2. The number of methoxy groups -OCH3 is 1. The Kier molecular flexibility index (Phi) is 18.4. The monoisotopic (exact) mass is 805 g/mol. The number of aliphatic carboxylic acids is 1. The summed E-state index contributed by atoms with van der Waals surface area (Å²) in [5.41, 5.74) is 3.52. The predicted octanol–water partition coefficient (Wildman–Crippen LogP) is 6.54. The van der Waals surface area contributed by atoms with Crippen LogP contribution in [-0.4, -0.2) is 83.3 Å². The second-order valence-corrected chi connectivity index (χ2v) is 14.7. The van der Waals surface area contributed by atoms with Crippen molar-refractivity contribution >= 4 is 66.0 Å². The van der Waals surface area contributed by atoms with E-state index in [1.54, 1.807) is 25.9 Å². The van der Waals surface area contributed by atoms with Crippen molar-refractivity contribution in [3.8, 4) is 5.75 Å². The van der Waals surface area contributed by atoms with E-state index in [2.05, 4.69) is 18.3 Å². The molecule has 1 saturated heterocycles. The Morgan fingerprint density at radius 3 is 2.34 bits per heavy atom. The van der Waals surface area contributed by atoms with E-state index in [0.29, 0.717) is 17.1 Å². The normalized spacial score (nSPS) is 14.8. The molecule has 1 atom stereocenters. The van der Waals surface area contributed by atoms with Gasteiger partial charge in [-0.1, -0.05) is 36.7 Å². The lowest BCUT2D eigenvalue weighted by molar-refractivity contribution is -0.135. The SMILES string of the molecule is CC(C)=C1OC(=O)N(c2cc(OC3CCCC3)c(Cl)cc2F)C1=O.CCc1cccc(C)c1N(C(=O)CCl)C(C)COC.O=C(O)CNCP(=O)(O)O. The molecule has 0 bridgehead atoms. The number of ether oxygens (including phenoxy) is 3. The van der Waals surface area contributed by atoms with Crippen LogP contribution in [0.3, 0.4) is 0 Å². The summed E-state index contributed by atoms with van der Waals surface area (Å²) in [5, 5.41) is 10.2. The highest BCUT2D eigenvalue weighted by molar-refractivity contribution is 7.51. The van der Waals surface area contributed by atoms with Gasteiger partial charge in [-0.2, -0.15) is 0 Å². The van der Waals surface area contributed by atoms with Crippen LogP contribution in [0.15, 0.2) is 41.7 Å². The number of carbonyl (C=O) groups is 4. The summed E-state index contributed by atoms with van der Waals surface area (Å²) < 4.78 is 40.3. The van der Waals surface area contributed by atoms with Crippen LogP contribution in [0.2, 0.25) is 5.02 Å². The van der Waals surface area contributed by atoms with Gasteiger partial charge in [0, 0.05) is 13.2 Å². The van der Waals surface area contributed by atoms with Crippen molar-refractivity contribution < 1.29 is 57.2 Å². The molecular formula is C35H47Cl2FN3O11P. The Balaban J connectivity index is 0.000000300. The Morgan fingerprint density at radius 2 is 1.83 bits per heavy atom. The molecule has 0 aromatic heterocycles. The third-order valence-electron chi connectivity index (χ3n) is 7.83. The zero-order valence-corrected chi connectivity index (χ0v) is 32.9. The number of carboxylic acids is 1. The molecule has 0 radical (unpaired) electrons. The first-order valence-electron chi connectivity index (χ1n) is 16.7. The minimum atomic E-state index is -4.10. The van der Waals surface area contributed by atoms with E-state index in [-0.39, 0.29) is 46.2 Å². The molecule has 2 aromatic carbocycles. The van der Waals surface area contributed by atoms with Crippen LogP contribution in [0.1, 0.15) is 64.5 Å². The second-order valence-electron chi connectivity index (χ2n) is 12.4. The van der Waals surface area contributed by atoms with Crippen LogP contribution in [0.25, 0.3) is 0 Å². The summed E-state index contributed by atoms with van der Waals surface area (Å²) in [7, 11) is -2.46. The van der Waals surface area contributed by atoms with Crippen molar-refractivity contribution in [3.63, 3.8) is 0 Å². The fraction of sp³-hybridized carbons (Fsp3) is 0.486. The third kappa shape index (κ3) is 13.7. The number of imide groups is 1. The number of allylic oxidation sites excluding steroid dienone is 1. The molecule has 2 aliphatic rings. The molecule has 53 heavy (non-hydrogen) atoms. The van der Waals surface area contributed by atoms with Gasteiger partial charge in [-0.3, -0.25) is 24.3 Å². The second kappa shape index (κ2) is 21.4. The minimum absolute atomic E-state index is 0.00962. The van der Waals surface area contributed by atoms with E-state index < -0.39 is 44.2 Å². The number of benzene rings is 2. The third-order valence-corrected chi connectivity index (χ3v) is 8.99. The van der Waals surface area contributed by atoms with Gasteiger partial charge < -0.3 is 34.0 Å². The number of nitrogens with one attached hydrogen (secondary N) is 1. The van der Waals surface area contributed by atoms with E-state index in [1.807, 2.05) is 26.0 Å². The highest BCUT2D eigenvalue weighted by Crippen LogP contribution is 2.38. The zero-order valence-electron chi connectivity index (χ0n) is 30.5. The van der Waals surface area contributed by atoms with E-state index in [9.17, 15) is 28.1 Å². The Labute approximate surface area is 318 Å². The van der Waals surface area contributed by atoms with Gasteiger partial charge in [0.15, 0.2) is 5.76 Å². The number of hydrogen-bond donors (Lipinski definition) is 4. The molecular weight excluding hydrogens is 759 g/mol. The van der Waals surface area contributed by atoms with Crippen LogP contribution >= 0.6 is 30.8 Å². The molecule has 4 rings (SSSR count). The minimum Gasteiger partial charge on any atom is -0.489 e. The maximum Gasteiger partial charge on any atom is 0.427 e. The topological polar surface area (TPSA) is 192 Å². The summed E-state index contributed by atoms with van der Waals surface area (Å²) in [6, 6.07) is 8.37. The van der Waals surface area contributed by atoms with Crippen molar-refractivity contribution in [1.82, 2.24) is 5.32 Å². The van der Waals surface area contributed by atoms with Crippen LogP contribution in [0, 0.1) is 12.7 Å². The molecule has 294 valence electrons. The largest absolute Gasteiger partial charge is 0.489 e. The summed E-state index contributed by atoms with van der Waals surface area (Å²) >= 11 is 11.8. The molecule has 4 N–H and O–H groups in total. The first kappa shape index (κ1) is 45.6. The summed E-state index contributed by atoms with van der Waals surface area (Å²) in [4.78, 5) is 65.1. The van der Waals surface area contributed by atoms with Gasteiger partial charge in [-0.15, -0.1) is 11.6 Å². The molecule has 18 heteroatoms. The molecule has 1 unspecified atom stereocenters. The molecule has 1 saturated carbocycles. The quantitative estimate of drug-likeness (QED) is 0.0973. The Hall–Kier alpha value is -3.56. The molecule has 0 spiro atoms. The lowest BCUT2D eigenvalue weighted by atomic mass is 10.0. The van der Waals surface area contributed by atoms with Crippen molar-refractivity contribution in [2.24, 2.45) is 0 Å².